The maximum Gasteiger partial charge on any atom is 0.411 e. The number of amides is 4. The standard InChI is InChI=1S/2C12H16N2O4.CH3NO2/c2*1-9(15)13-10-4-3-5-11(8-10)14-12(16)18-7-6-17-2;1-2(3)4/h2*3-5,8H,6-7H2,1-2H3,(H,13,15)(H,14,16);1H3. The van der Waals surface area contributed by atoms with E-state index in [1.165, 1.54) is 28.1 Å². The number of carbonyl (C=O) groups excluding carboxylic acids is 4. The maximum absolute atomic E-state index is 11.3. The number of hydrogen-bond donors (Lipinski definition) is 4. The minimum atomic E-state index is -0.563. The molecule has 2 aromatic carbocycles. The van der Waals surface area contributed by atoms with E-state index in [2.05, 4.69) is 21.3 Å². The first-order chi connectivity index (χ1) is 19.0. The number of anilines is 4. The van der Waals surface area contributed by atoms with E-state index in [1.54, 1.807) is 48.5 Å². The fraction of sp³-hybridized carbons (Fsp3) is 0.360. The van der Waals surface area contributed by atoms with Crippen LogP contribution < -0.4 is 21.3 Å². The quantitative estimate of drug-likeness (QED) is 0.188. The third-order valence-corrected chi connectivity index (χ3v) is 3.90. The summed E-state index contributed by atoms with van der Waals surface area (Å²) in [6, 6.07) is 13.6. The molecule has 0 radical (unpaired) electrons. The molecule has 0 atom stereocenters. The van der Waals surface area contributed by atoms with Gasteiger partial charge in [-0.1, -0.05) is 12.1 Å². The molecule has 2 aromatic rings. The molecular weight excluding hydrogens is 530 g/mol. The number of nitrogens with one attached hydrogen (secondary N) is 4. The molecule has 15 heteroatoms. The number of nitro groups is 1. The van der Waals surface area contributed by atoms with Crippen LogP contribution in [0.25, 0.3) is 0 Å². The molecule has 0 aliphatic heterocycles. The highest BCUT2D eigenvalue weighted by atomic mass is 16.6. The second kappa shape index (κ2) is 21.2. The van der Waals surface area contributed by atoms with Crippen molar-refractivity contribution < 1.29 is 43.0 Å². The van der Waals surface area contributed by atoms with Gasteiger partial charge in [-0.2, -0.15) is 0 Å². The van der Waals surface area contributed by atoms with Crippen molar-refractivity contribution in [3.63, 3.8) is 0 Å². The monoisotopic (exact) mass is 565 g/mol. The van der Waals surface area contributed by atoms with E-state index in [4.69, 9.17) is 29.1 Å². The van der Waals surface area contributed by atoms with Gasteiger partial charge in [0, 0.05) is 55.7 Å². The van der Waals surface area contributed by atoms with Gasteiger partial charge in [-0.15, -0.1) is 0 Å². The molecule has 0 aliphatic rings. The average molecular weight is 566 g/mol. The van der Waals surface area contributed by atoms with E-state index in [-0.39, 0.29) is 25.0 Å². The van der Waals surface area contributed by atoms with E-state index < -0.39 is 17.1 Å². The van der Waals surface area contributed by atoms with Gasteiger partial charge in [0.25, 0.3) is 0 Å². The molecule has 0 aliphatic carbocycles. The number of nitrogens with zero attached hydrogens (tertiary/aromatic N) is 1. The Hall–Kier alpha value is -4.76. The number of ether oxygens (including phenoxy) is 4. The molecule has 0 bridgehead atoms. The van der Waals surface area contributed by atoms with Gasteiger partial charge >= 0.3 is 12.2 Å². The van der Waals surface area contributed by atoms with Gasteiger partial charge in [0.15, 0.2) is 7.05 Å². The van der Waals surface area contributed by atoms with Crippen molar-refractivity contribution in [1.82, 2.24) is 0 Å². The Balaban J connectivity index is 0.000000671. The highest BCUT2D eigenvalue weighted by Crippen LogP contribution is 2.16. The van der Waals surface area contributed by atoms with Crippen LogP contribution in [-0.2, 0) is 28.5 Å². The number of rotatable bonds is 10. The van der Waals surface area contributed by atoms with Gasteiger partial charge < -0.3 is 29.6 Å². The molecule has 0 heterocycles. The second-order valence-corrected chi connectivity index (χ2v) is 7.47. The SMILES string of the molecule is COCCOC(=O)Nc1cccc(NC(C)=O)c1.COCCOC(=O)Nc1cccc(NC(C)=O)c1.C[N+](=O)[O-]. The summed E-state index contributed by atoms with van der Waals surface area (Å²) < 4.78 is 19.2. The molecule has 0 unspecified atom stereocenters. The minimum absolute atomic E-state index is 0.171. The van der Waals surface area contributed by atoms with E-state index >= 15 is 0 Å². The molecule has 0 spiro atoms. The first-order valence-corrected chi connectivity index (χ1v) is 11.7. The Morgan fingerprint density at radius 3 is 1.25 bits per heavy atom. The third kappa shape index (κ3) is 20.3. The molecule has 4 N–H and O–H groups in total. The van der Waals surface area contributed by atoms with Gasteiger partial charge in [-0.3, -0.25) is 30.3 Å². The van der Waals surface area contributed by atoms with Gasteiger partial charge in [0.2, 0.25) is 11.8 Å². The van der Waals surface area contributed by atoms with E-state index in [0.717, 1.165) is 7.05 Å². The summed E-state index contributed by atoms with van der Waals surface area (Å²) in [5, 5.41) is 19.1. The van der Waals surface area contributed by atoms with Crippen LogP contribution in [0.3, 0.4) is 0 Å². The molecule has 0 saturated carbocycles. The molecule has 220 valence electrons. The summed E-state index contributed by atoms with van der Waals surface area (Å²) in [5.74, 6) is -0.343. The predicted molar refractivity (Wildman–Crippen MR) is 148 cm³/mol. The van der Waals surface area contributed by atoms with E-state index in [9.17, 15) is 19.2 Å². The van der Waals surface area contributed by atoms with Crippen molar-refractivity contribution in [2.24, 2.45) is 0 Å². The van der Waals surface area contributed by atoms with Crippen molar-refractivity contribution in [3.05, 3.63) is 58.6 Å². The Kier molecular flexibility index (Phi) is 18.7. The van der Waals surface area contributed by atoms with Crippen LogP contribution in [0.15, 0.2) is 48.5 Å². The maximum atomic E-state index is 11.3. The zero-order valence-corrected chi connectivity index (χ0v) is 23.0. The Labute approximate surface area is 231 Å². The largest absolute Gasteiger partial charge is 0.447 e. The summed E-state index contributed by atoms with van der Waals surface area (Å²) in [7, 11) is 3.94. The lowest BCUT2D eigenvalue weighted by Gasteiger charge is -2.08. The molecule has 0 aromatic heterocycles. The van der Waals surface area contributed by atoms with Gasteiger partial charge in [-0.05, 0) is 36.4 Å². The zero-order chi connectivity index (χ0) is 30.3. The molecular formula is C25H35N5O10. The minimum Gasteiger partial charge on any atom is -0.447 e. The summed E-state index contributed by atoms with van der Waals surface area (Å²) in [6.45, 7) is 3.90. The first-order valence-electron chi connectivity index (χ1n) is 11.7. The summed E-state index contributed by atoms with van der Waals surface area (Å²) >= 11 is 0. The second-order valence-electron chi connectivity index (χ2n) is 7.47. The molecule has 0 saturated heterocycles. The van der Waals surface area contributed by atoms with Gasteiger partial charge in [-0.25, -0.2) is 9.59 Å². The highest BCUT2D eigenvalue weighted by molar-refractivity contribution is 5.91. The summed E-state index contributed by atoms with van der Waals surface area (Å²) in [6.07, 6.45) is -1.13. The van der Waals surface area contributed by atoms with Crippen LogP contribution in [0.5, 0.6) is 0 Å². The zero-order valence-electron chi connectivity index (χ0n) is 23.0. The van der Waals surface area contributed by atoms with Crippen molar-refractivity contribution in [3.8, 4) is 0 Å². The lowest BCUT2D eigenvalue weighted by atomic mass is 10.3. The molecule has 15 nitrogen and oxygen atoms in total. The van der Waals surface area contributed by atoms with Crippen LogP contribution in [0, 0.1) is 10.1 Å². The average Bonchev–Trinajstić information content (AvgIpc) is 2.84. The number of carbonyl (C=O) groups is 4. The third-order valence-electron chi connectivity index (χ3n) is 3.90. The van der Waals surface area contributed by atoms with Crippen molar-refractivity contribution in [1.29, 1.82) is 0 Å². The number of benzene rings is 2. The summed E-state index contributed by atoms with van der Waals surface area (Å²) in [4.78, 5) is 52.8. The van der Waals surface area contributed by atoms with Crippen LogP contribution in [0.4, 0.5) is 32.3 Å². The van der Waals surface area contributed by atoms with Crippen molar-refractivity contribution in [2.75, 3.05) is 69.0 Å². The van der Waals surface area contributed by atoms with Crippen LogP contribution in [0.1, 0.15) is 13.8 Å². The Bertz CT molecular complexity index is 1010. The number of methoxy groups -OCH3 is 2. The smallest absolute Gasteiger partial charge is 0.411 e. The first kappa shape index (κ1) is 35.2. The fourth-order valence-corrected chi connectivity index (χ4v) is 2.50. The molecule has 40 heavy (non-hydrogen) atoms. The lowest BCUT2D eigenvalue weighted by molar-refractivity contribution is -0.445. The van der Waals surface area contributed by atoms with Gasteiger partial charge in [0.1, 0.15) is 13.2 Å². The lowest BCUT2D eigenvalue weighted by Crippen LogP contribution is -2.16. The number of hydrogen-bond acceptors (Lipinski definition) is 10. The molecule has 2 rings (SSSR count). The van der Waals surface area contributed by atoms with E-state index in [0.29, 0.717) is 36.0 Å². The Morgan fingerprint density at radius 2 is 0.975 bits per heavy atom. The summed E-state index contributed by atoms with van der Waals surface area (Å²) in [5.41, 5.74) is 2.31. The van der Waals surface area contributed by atoms with E-state index in [1.807, 2.05) is 0 Å². The normalized spacial score (nSPS) is 9.32. The van der Waals surface area contributed by atoms with Crippen molar-refractivity contribution in [2.45, 2.75) is 13.8 Å². The topological polar surface area (TPSA) is 196 Å². The predicted octanol–water partition coefficient (Wildman–Crippen LogP) is 3.57. The highest BCUT2D eigenvalue weighted by Gasteiger charge is 2.05. The molecule has 0 fully saturated rings. The van der Waals surface area contributed by atoms with Gasteiger partial charge in [0.05, 0.1) is 13.2 Å². The Morgan fingerprint density at radius 1 is 0.675 bits per heavy atom. The van der Waals surface area contributed by atoms with Crippen molar-refractivity contribution >= 4 is 46.8 Å². The molecule has 4 amide bonds. The fourth-order valence-electron chi connectivity index (χ4n) is 2.50. The van der Waals surface area contributed by atoms with Crippen LogP contribution in [-0.4, -0.2) is 76.6 Å². The van der Waals surface area contributed by atoms with Crippen LogP contribution in [0.2, 0.25) is 0 Å². The van der Waals surface area contributed by atoms with Crippen LogP contribution >= 0.6 is 0 Å².